The number of nitrogens with zero attached hydrogens (tertiary/aromatic N) is 3. The zero-order chi connectivity index (χ0) is 24.2. The lowest BCUT2D eigenvalue weighted by molar-refractivity contribution is 0.0937. The molecular weight excluding hydrogens is 480 g/mol. The normalized spacial score (nSPS) is 16.8. The molecule has 0 saturated carbocycles. The molecule has 1 amide bonds. The molecule has 2 aromatic rings. The summed E-state index contributed by atoms with van der Waals surface area (Å²) in [7, 11) is -3.28. The molecule has 182 valence electrons. The van der Waals surface area contributed by atoms with E-state index in [1.54, 1.807) is 28.6 Å². The van der Waals surface area contributed by atoms with Crippen LogP contribution in [0.5, 0.6) is 0 Å². The number of piperidine rings is 1. The second-order valence-electron chi connectivity index (χ2n) is 8.82. The largest absolute Gasteiger partial charge is 0.352 e. The summed E-state index contributed by atoms with van der Waals surface area (Å²) in [5, 5.41) is 7.38. The molecule has 2 aromatic heterocycles. The number of halogens is 1. The Kier molecular flexibility index (Phi) is 8.91. The van der Waals surface area contributed by atoms with Gasteiger partial charge in [0.25, 0.3) is 5.91 Å². The van der Waals surface area contributed by atoms with E-state index in [1.165, 1.54) is 6.26 Å². The van der Waals surface area contributed by atoms with Crippen LogP contribution in [-0.4, -0.2) is 66.5 Å². The minimum absolute atomic E-state index is 0.0198. The highest BCUT2D eigenvalue weighted by Gasteiger charge is 2.31. The molecule has 1 aliphatic heterocycles. The maximum Gasteiger partial charge on any atom is 0.253 e. The van der Waals surface area contributed by atoms with Gasteiger partial charge in [0.05, 0.1) is 17.5 Å². The van der Waals surface area contributed by atoms with E-state index in [0.717, 1.165) is 43.5 Å². The van der Waals surface area contributed by atoms with Crippen LogP contribution in [0.15, 0.2) is 22.9 Å². The maximum atomic E-state index is 12.6. The third kappa shape index (κ3) is 6.99. The molecule has 1 atom stereocenters. The molecule has 3 rings (SSSR count). The van der Waals surface area contributed by atoms with E-state index < -0.39 is 10.0 Å². The Labute approximate surface area is 206 Å². The smallest absolute Gasteiger partial charge is 0.253 e. The van der Waals surface area contributed by atoms with Gasteiger partial charge in [-0.15, -0.1) is 0 Å². The highest BCUT2D eigenvalue weighted by molar-refractivity contribution is 7.88. The van der Waals surface area contributed by atoms with Crippen molar-refractivity contribution in [1.29, 1.82) is 0 Å². The summed E-state index contributed by atoms with van der Waals surface area (Å²) in [6, 6.07) is 4.00. The molecule has 3 heterocycles. The first-order valence-electron chi connectivity index (χ1n) is 11.2. The monoisotopic (exact) mass is 512 g/mol. The fourth-order valence-corrected chi connectivity index (χ4v) is 6.57. The average molecular weight is 513 g/mol. The minimum atomic E-state index is -3.28. The number of rotatable bonds is 9. The van der Waals surface area contributed by atoms with Crippen LogP contribution in [0.1, 0.15) is 53.4 Å². The summed E-state index contributed by atoms with van der Waals surface area (Å²) in [6.45, 7) is 8.50. The minimum Gasteiger partial charge on any atom is -0.352 e. The number of aromatic nitrogens is 1. The van der Waals surface area contributed by atoms with Crippen molar-refractivity contribution >= 4 is 38.9 Å². The molecule has 0 radical (unpaired) electrons. The molecule has 1 N–H and O–H groups in total. The van der Waals surface area contributed by atoms with Gasteiger partial charge in [-0.1, -0.05) is 11.6 Å². The Balaban J connectivity index is 1.49. The third-order valence-electron chi connectivity index (χ3n) is 6.32. The fourth-order valence-electron chi connectivity index (χ4n) is 4.49. The summed E-state index contributed by atoms with van der Waals surface area (Å²) < 4.78 is 26.5. The van der Waals surface area contributed by atoms with Crippen LogP contribution >= 0.6 is 22.9 Å². The van der Waals surface area contributed by atoms with Crippen LogP contribution < -0.4 is 5.32 Å². The second kappa shape index (κ2) is 11.3. The van der Waals surface area contributed by atoms with Crippen molar-refractivity contribution in [2.45, 2.75) is 58.7 Å². The van der Waals surface area contributed by atoms with Crippen molar-refractivity contribution in [3.05, 3.63) is 50.4 Å². The number of thiophene rings is 1. The van der Waals surface area contributed by atoms with Crippen LogP contribution in [0.3, 0.4) is 0 Å². The van der Waals surface area contributed by atoms with Gasteiger partial charge >= 0.3 is 0 Å². The fraction of sp³-hybridized carbons (Fsp3) is 0.565. The highest BCUT2D eigenvalue weighted by atomic mass is 35.5. The topological polar surface area (TPSA) is 82.6 Å². The molecule has 0 bridgehead atoms. The van der Waals surface area contributed by atoms with E-state index in [0.29, 0.717) is 35.5 Å². The van der Waals surface area contributed by atoms with Crippen molar-refractivity contribution in [3.63, 3.8) is 0 Å². The lowest BCUT2D eigenvalue weighted by Crippen LogP contribution is -2.49. The zero-order valence-electron chi connectivity index (χ0n) is 19.7. The summed E-state index contributed by atoms with van der Waals surface area (Å²) in [4.78, 5) is 19.2. The van der Waals surface area contributed by atoms with Gasteiger partial charge in [-0.25, -0.2) is 13.4 Å². The van der Waals surface area contributed by atoms with Gasteiger partial charge in [0.15, 0.2) is 0 Å². The quantitative estimate of drug-likeness (QED) is 0.516. The Morgan fingerprint density at radius 1 is 1.36 bits per heavy atom. The SMILES string of the molecule is Cc1cc(Cl)nc(C)c1C(=O)NCCC(C)N1CCC(N(Cc2ccsc2)S(C)(=O)=O)CC1. The van der Waals surface area contributed by atoms with E-state index in [-0.39, 0.29) is 11.9 Å². The Hall–Kier alpha value is -1.52. The number of carbonyl (C=O) groups is 1. The molecule has 0 aliphatic carbocycles. The lowest BCUT2D eigenvalue weighted by atomic mass is 10.0. The summed E-state index contributed by atoms with van der Waals surface area (Å²) in [5.41, 5.74) is 3.07. The number of amides is 1. The molecule has 1 unspecified atom stereocenters. The van der Waals surface area contributed by atoms with Crippen LogP contribution in [0.4, 0.5) is 0 Å². The van der Waals surface area contributed by atoms with Gasteiger partial charge in [0.1, 0.15) is 5.15 Å². The predicted molar refractivity (Wildman–Crippen MR) is 134 cm³/mol. The molecule has 7 nitrogen and oxygen atoms in total. The maximum absolute atomic E-state index is 12.6. The molecular formula is C23H33ClN4O3S2. The Morgan fingerprint density at radius 2 is 2.06 bits per heavy atom. The standard InChI is InChI=1S/C23H33ClN4O3S2/c1-16-13-21(24)26-18(3)22(16)23(29)25-9-5-17(2)27-10-6-20(7-11-27)28(33(4,30)31)14-19-8-12-32-15-19/h8,12-13,15,17,20H,5-7,9-11,14H2,1-4H3,(H,25,29). The molecule has 1 saturated heterocycles. The molecule has 1 aliphatic rings. The van der Waals surface area contributed by atoms with Crippen molar-refractivity contribution in [2.75, 3.05) is 25.9 Å². The van der Waals surface area contributed by atoms with E-state index in [4.69, 9.17) is 11.6 Å². The lowest BCUT2D eigenvalue weighted by Gasteiger charge is -2.39. The highest BCUT2D eigenvalue weighted by Crippen LogP contribution is 2.24. The van der Waals surface area contributed by atoms with Crippen molar-refractivity contribution in [3.8, 4) is 0 Å². The van der Waals surface area contributed by atoms with Crippen LogP contribution in [-0.2, 0) is 16.6 Å². The zero-order valence-corrected chi connectivity index (χ0v) is 22.1. The van der Waals surface area contributed by atoms with Gasteiger partial charge in [-0.05, 0) is 87.1 Å². The number of hydrogen-bond donors (Lipinski definition) is 1. The summed E-state index contributed by atoms with van der Waals surface area (Å²) >= 11 is 7.55. The predicted octanol–water partition coefficient (Wildman–Crippen LogP) is 3.85. The van der Waals surface area contributed by atoms with Gasteiger partial charge in [-0.3, -0.25) is 4.79 Å². The van der Waals surface area contributed by atoms with Gasteiger partial charge in [0.2, 0.25) is 10.0 Å². The van der Waals surface area contributed by atoms with E-state index >= 15 is 0 Å². The van der Waals surface area contributed by atoms with Crippen molar-refractivity contribution < 1.29 is 13.2 Å². The first-order chi connectivity index (χ1) is 15.6. The first kappa shape index (κ1) is 26.1. The third-order valence-corrected chi connectivity index (χ3v) is 8.52. The molecule has 0 spiro atoms. The number of hydrogen-bond acceptors (Lipinski definition) is 6. The summed E-state index contributed by atoms with van der Waals surface area (Å²) in [6.07, 6.45) is 3.74. The number of carbonyl (C=O) groups excluding carboxylic acids is 1. The number of sulfonamides is 1. The van der Waals surface area contributed by atoms with Gasteiger partial charge < -0.3 is 10.2 Å². The average Bonchev–Trinajstić information content (AvgIpc) is 3.24. The number of nitrogens with one attached hydrogen (secondary N) is 1. The summed E-state index contributed by atoms with van der Waals surface area (Å²) in [5.74, 6) is -0.128. The first-order valence-corrected chi connectivity index (χ1v) is 14.4. The van der Waals surface area contributed by atoms with E-state index in [1.807, 2.05) is 23.8 Å². The molecule has 33 heavy (non-hydrogen) atoms. The Bertz CT molecular complexity index is 1030. The molecule has 10 heteroatoms. The van der Waals surface area contributed by atoms with Crippen LogP contribution in [0.2, 0.25) is 5.15 Å². The number of pyridine rings is 1. The van der Waals surface area contributed by atoms with Crippen LogP contribution in [0, 0.1) is 13.8 Å². The second-order valence-corrected chi connectivity index (χ2v) is 11.9. The van der Waals surface area contributed by atoms with Gasteiger partial charge in [0, 0.05) is 25.2 Å². The van der Waals surface area contributed by atoms with Gasteiger partial charge in [-0.2, -0.15) is 15.6 Å². The molecule has 1 fully saturated rings. The molecule has 0 aromatic carbocycles. The van der Waals surface area contributed by atoms with Crippen LogP contribution in [0.25, 0.3) is 0 Å². The number of aryl methyl sites for hydroxylation is 2. The number of likely N-dealkylation sites (tertiary alicyclic amines) is 1. The van der Waals surface area contributed by atoms with Crippen molar-refractivity contribution in [1.82, 2.24) is 19.5 Å². The van der Waals surface area contributed by atoms with Crippen molar-refractivity contribution in [2.24, 2.45) is 0 Å². The van der Waals surface area contributed by atoms with E-state index in [9.17, 15) is 13.2 Å². The Morgan fingerprint density at radius 3 is 2.64 bits per heavy atom. The van der Waals surface area contributed by atoms with E-state index in [2.05, 4.69) is 22.1 Å².